The minimum Gasteiger partial charge on any atom is -0.396 e. The van der Waals surface area contributed by atoms with Crippen LogP contribution in [0.5, 0.6) is 0 Å². The summed E-state index contributed by atoms with van der Waals surface area (Å²) >= 11 is 1.86. The molecule has 0 aliphatic carbocycles. The van der Waals surface area contributed by atoms with Crippen LogP contribution < -0.4 is 5.32 Å². The number of rotatable bonds is 6. The van der Waals surface area contributed by atoms with Gasteiger partial charge in [-0.25, -0.2) is 0 Å². The van der Waals surface area contributed by atoms with Gasteiger partial charge >= 0.3 is 0 Å². The highest BCUT2D eigenvalue weighted by Gasteiger charge is 2.11. The van der Waals surface area contributed by atoms with Crippen LogP contribution in [0.3, 0.4) is 0 Å². The molecule has 86 valence electrons. The van der Waals surface area contributed by atoms with Crippen LogP contribution in [0.1, 0.15) is 36.1 Å². The molecule has 0 aliphatic heterocycles. The fourth-order valence-electron chi connectivity index (χ4n) is 1.65. The molecule has 0 fully saturated rings. The van der Waals surface area contributed by atoms with E-state index in [0.29, 0.717) is 12.0 Å². The lowest BCUT2D eigenvalue weighted by atomic mass is 10.1. The van der Waals surface area contributed by atoms with Crippen molar-refractivity contribution in [2.75, 3.05) is 13.7 Å². The summed E-state index contributed by atoms with van der Waals surface area (Å²) in [5, 5.41) is 12.2. The third kappa shape index (κ3) is 3.93. The first-order chi connectivity index (χ1) is 7.17. The van der Waals surface area contributed by atoms with Gasteiger partial charge in [-0.15, -0.1) is 11.3 Å². The molecule has 0 bridgehead atoms. The van der Waals surface area contributed by atoms with Gasteiger partial charge in [0.1, 0.15) is 0 Å². The van der Waals surface area contributed by atoms with Crippen LogP contribution in [0.15, 0.2) is 12.1 Å². The molecular formula is C12H21NOS. The summed E-state index contributed by atoms with van der Waals surface area (Å²) in [7, 11) is 1.95. The summed E-state index contributed by atoms with van der Waals surface area (Å²) in [6, 6.07) is 4.70. The van der Waals surface area contributed by atoms with Gasteiger partial charge in [0.25, 0.3) is 0 Å². The molecule has 0 aromatic carbocycles. The van der Waals surface area contributed by atoms with Crippen LogP contribution in [0.4, 0.5) is 0 Å². The number of thiophene rings is 1. The van der Waals surface area contributed by atoms with E-state index in [4.69, 9.17) is 5.11 Å². The highest BCUT2D eigenvalue weighted by molar-refractivity contribution is 7.12. The molecular weight excluding hydrogens is 206 g/mol. The predicted molar refractivity (Wildman–Crippen MR) is 66.4 cm³/mol. The van der Waals surface area contributed by atoms with Crippen molar-refractivity contribution in [1.29, 1.82) is 0 Å². The second-order valence-corrected chi connectivity index (χ2v) is 5.46. The van der Waals surface area contributed by atoms with E-state index >= 15 is 0 Å². The second-order valence-electron chi connectivity index (χ2n) is 4.26. The maximum atomic E-state index is 8.95. The quantitative estimate of drug-likeness (QED) is 0.783. The Hall–Kier alpha value is -0.380. The first-order valence-electron chi connectivity index (χ1n) is 5.54. The predicted octanol–water partition coefficient (Wildman–Crippen LogP) is 2.59. The lowest BCUT2D eigenvalue weighted by molar-refractivity contribution is 0.269. The lowest BCUT2D eigenvalue weighted by Gasteiger charge is -2.12. The Balaban J connectivity index is 2.64. The van der Waals surface area contributed by atoms with Crippen LogP contribution in [-0.4, -0.2) is 18.8 Å². The summed E-state index contributed by atoms with van der Waals surface area (Å²) in [5.41, 5.74) is 0. The van der Waals surface area contributed by atoms with Gasteiger partial charge in [-0.05, 0) is 37.9 Å². The first kappa shape index (κ1) is 12.7. The number of aliphatic hydroxyl groups is 1. The average molecular weight is 227 g/mol. The van der Waals surface area contributed by atoms with E-state index in [0.717, 1.165) is 12.8 Å². The first-order valence-corrected chi connectivity index (χ1v) is 6.35. The SMILES string of the molecule is CNC(CCO)c1ccc(CC(C)C)s1. The van der Waals surface area contributed by atoms with Crippen molar-refractivity contribution in [3.05, 3.63) is 21.9 Å². The van der Waals surface area contributed by atoms with Gasteiger partial charge in [0.15, 0.2) is 0 Å². The molecule has 15 heavy (non-hydrogen) atoms. The van der Waals surface area contributed by atoms with Gasteiger partial charge in [0, 0.05) is 22.4 Å². The van der Waals surface area contributed by atoms with Gasteiger partial charge in [0.2, 0.25) is 0 Å². The number of aliphatic hydroxyl groups excluding tert-OH is 1. The van der Waals surface area contributed by atoms with E-state index in [9.17, 15) is 0 Å². The molecule has 1 heterocycles. The molecule has 0 amide bonds. The Labute approximate surface area is 96.3 Å². The molecule has 1 aromatic heterocycles. The molecule has 0 radical (unpaired) electrons. The molecule has 0 spiro atoms. The molecule has 0 saturated heterocycles. The maximum absolute atomic E-state index is 8.95. The second kappa shape index (κ2) is 6.26. The zero-order chi connectivity index (χ0) is 11.3. The van der Waals surface area contributed by atoms with E-state index in [1.165, 1.54) is 9.75 Å². The smallest absolute Gasteiger partial charge is 0.0449 e. The van der Waals surface area contributed by atoms with E-state index in [-0.39, 0.29) is 6.61 Å². The molecule has 2 N–H and O–H groups in total. The van der Waals surface area contributed by atoms with Crippen molar-refractivity contribution in [2.24, 2.45) is 5.92 Å². The summed E-state index contributed by atoms with van der Waals surface area (Å²) < 4.78 is 0. The average Bonchev–Trinajstić information content (AvgIpc) is 2.61. The number of hydrogen-bond donors (Lipinski definition) is 2. The van der Waals surface area contributed by atoms with Gasteiger partial charge < -0.3 is 10.4 Å². The topological polar surface area (TPSA) is 32.3 Å². The van der Waals surface area contributed by atoms with Gasteiger partial charge in [-0.2, -0.15) is 0 Å². The van der Waals surface area contributed by atoms with E-state index in [1.807, 2.05) is 18.4 Å². The Morgan fingerprint density at radius 1 is 1.40 bits per heavy atom. The van der Waals surface area contributed by atoms with Crippen LogP contribution in [0, 0.1) is 5.92 Å². The normalized spacial score (nSPS) is 13.4. The summed E-state index contributed by atoms with van der Waals surface area (Å²) in [6.07, 6.45) is 1.94. The minimum atomic E-state index is 0.239. The van der Waals surface area contributed by atoms with Gasteiger partial charge in [0.05, 0.1) is 0 Å². The number of nitrogens with one attached hydrogen (secondary N) is 1. The van der Waals surface area contributed by atoms with Crippen molar-refractivity contribution in [1.82, 2.24) is 5.32 Å². The minimum absolute atomic E-state index is 0.239. The van der Waals surface area contributed by atoms with Crippen molar-refractivity contribution < 1.29 is 5.11 Å². The third-order valence-electron chi connectivity index (χ3n) is 2.40. The Morgan fingerprint density at radius 3 is 2.67 bits per heavy atom. The van der Waals surface area contributed by atoms with E-state index < -0.39 is 0 Å². The monoisotopic (exact) mass is 227 g/mol. The molecule has 3 heteroatoms. The van der Waals surface area contributed by atoms with Gasteiger partial charge in [-0.3, -0.25) is 0 Å². The molecule has 1 aromatic rings. The third-order valence-corrected chi connectivity index (χ3v) is 3.62. The Bertz CT molecular complexity index is 283. The van der Waals surface area contributed by atoms with Crippen molar-refractivity contribution >= 4 is 11.3 Å². The van der Waals surface area contributed by atoms with Crippen molar-refractivity contribution in [3.63, 3.8) is 0 Å². The Kier molecular flexibility index (Phi) is 5.29. The molecule has 2 nitrogen and oxygen atoms in total. The van der Waals surface area contributed by atoms with Crippen LogP contribution in [0.2, 0.25) is 0 Å². The fraction of sp³-hybridized carbons (Fsp3) is 0.667. The number of hydrogen-bond acceptors (Lipinski definition) is 3. The van der Waals surface area contributed by atoms with E-state index in [2.05, 4.69) is 31.3 Å². The molecule has 0 saturated carbocycles. The zero-order valence-corrected chi connectivity index (χ0v) is 10.6. The van der Waals surface area contributed by atoms with Crippen LogP contribution in [0.25, 0.3) is 0 Å². The molecule has 0 aliphatic rings. The summed E-state index contributed by atoms with van der Waals surface area (Å²) in [5.74, 6) is 0.711. The van der Waals surface area contributed by atoms with Gasteiger partial charge in [-0.1, -0.05) is 13.8 Å². The Morgan fingerprint density at radius 2 is 2.13 bits per heavy atom. The van der Waals surface area contributed by atoms with E-state index in [1.54, 1.807) is 0 Å². The molecule has 1 atom stereocenters. The maximum Gasteiger partial charge on any atom is 0.0449 e. The summed E-state index contributed by atoms with van der Waals surface area (Å²) in [4.78, 5) is 2.78. The van der Waals surface area contributed by atoms with Crippen molar-refractivity contribution in [3.8, 4) is 0 Å². The fourth-order valence-corrected chi connectivity index (χ4v) is 3.02. The standard InChI is InChI=1S/C12H21NOS/c1-9(2)8-10-4-5-12(15-10)11(13-3)6-7-14/h4-5,9,11,13-14H,6-8H2,1-3H3. The summed E-state index contributed by atoms with van der Waals surface area (Å²) in [6.45, 7) is 4.72. The highest BCUT2D eigenvalue weighted by atomic mass is 32.1. The lowest BCUT2D eigenvalue weighted by Crippen LogP contribution is -2.16. The molecule has 1 rings (SSSR count). The van der Waals surface area contributed by atoms with Crippen LogP contribution >= 0.6 is 11.3 Å². The largest absolute Gasteiger partial charge is 0.396 e. The zero-order valence-electron chi connectivity index (χ0n) is 9.79. The molecule has 1 unspecified atom stereocenters. The highest BCUT2D eigenvalue weighted by Crippen LogP contribution is 2.26. The van der Waals surface area contributed by atoms with Crippen molar-refractivity contribution in [2.45, 2.75) is 32.7 Å². The van der Waals surface area contributed by atoms with Crippen LogP contribution in [-0.2, 0) is 6.42 Å².